The molecule has 8 nitrogen and oxygen atoms in total. The number of nitrogens with zero attached hydrogens (tertiary/aromatic N) is 3. The van der Waals surface area contributed by atoms with Crippen LogP contribution >= 0.6 is 11.3 Å². The summed E-state index contributed by atoms with van der Waals surface area (Å²) in [4.78, 5) is 22.1. The van der Waals surface area contributed by atoms with Gasteiger partial charge in [-0.15, -0.1) is 0 Å². The van der Waals surface area contributed by atoms with E-state index < -0.39 is 0 Å². The smallest absolute Gasteiger partial charge is 0.251 e. The number of aromatic nitrogens is 1. The number of anilines is 1. The Kier molecular flexibility index (Phi) is 7.51. The van der Waals surface area contributed by atoms with Crippen molar-refractivity contribution in [2.24, 2.45) is 0 Å². The maximum atomic E-state index is 12.6. The van der Waals surface area contributed by atoms with Crippen LogP contribution in [0.4, 0.5) is 5.13 Å². The highest BCUT2D eigenvalue weighted by atomic mass is 32.1. The van der Waals surface area contributed by atoms with Crippen LogP contribution in [0.5, 0.6) is 17.2 Å². The molecular formula is C24H30N4O4S. The van der Waals surface area contributed by atoms with Gasteiger partial charge in [0, 0.05) is 50.9 Å². The SMILES string of the molecule is CCOc1cccc2sc(N3CCN(CCNC(=O)c4cc(OC)cc(OC)c4)CC3)nc12. The Balaban J connectivity index is 1.27. The number of methoxy groups -OCH3 is 2. The summed E-state index contributed by atoms with van der Waals surface area (Å²) >= 11 is 1.71. The molecule has 4 rings (SSSR count). The minimum Gasteiger partial charge on any atom is -0.497 e. The number of carbonyl (C=O) groups excluding carboxylic acids is 1. The summed E-state index contributed by atoms with van der Waals surface area (Å²) in [6, 6.07) is 11.3. The number of hydrogen-bond donors (Lipinski definition) is 1. The maximum Gasteiger partial charge on any atom is 0.251 e. The molecule has 33 heavy (non-hydrogen) atoms. The second-order valence-corrected chi connectivity index (χ2v) is 8.73. The number of para-hydroxylation sites is 1. The third-order valence-electron chi connectivity index (χ3n) is 5.64. The summed E-state index contributed by atoms with van der Waals surface area (Å²) in [5.41, 5.74) is 1.47. The van der Waals surface area contributed by atoms with Gasteiger partial charge in [-0.1, -0.05) is 17.4 Å². The Morgan fingerprint density at radius 2 is 1.82 bits per heavy atom. The first-order valence-corrected chi connectivity index (χ1v) is 11.9. The molecule has 2 aromatic carbocycles. The van der Waals surface area contributed by atoms with Crippen molar-refractivity contribution in [2.75, 3.05) is 65.0 Å². The van der Waals surface area contributed by atoms with E-state index in [0.29, 0.717) is 30.2 Å². The first kappa shape index (κ1) is 23.1. The number of amides is 1. The van der Waals surface area contributed by atoms with Crippen molar-refractivity contribution >= 4 is 32.6 Å². The molecule has 3 aromatic rings. The molecule has 0 saturated carbocycles. The van der Waals surface area contributed by atoms with Crippen molar-refractivity contribution < 1.29 is 19.0 Å². The van der Waals surface area contributed by atoms with Gasteiger partial charge in [0.1, 0.15) is 22.8 Å². The zero-order valence-electron chi connectivity index (χ0n) is 19.3. The van der Waals surface area contributed by atoms with Crippen molar-refractivity contribution in [3.05, 3.63) is 42.0 Å². The Labute approximate surface area is 198 Å². The average Bonchev–Trinajstić information content (AvgIpc) is 3.29. The topological polar surface area (TPSA) is 76.2 Å². The van der Waals surface area contributed by atoms with E-state index in [1.165, 1.54) is 0 Å². The van der Waals surface area contributed by atoms with E-state index >= 15 is 0 Å². The van der Waals surface area contributed by atoms with Gasteiger partial charge in [0.2, 0.25) is 0 Å². The number of carbonyl (C=O) groups is 1. The standard InChI is InChI=1S/C24H30N4O4S/c1-4-32-20-6-5-7-21-22(20)26-24(33-21)28-12-10-27(11-13-28)9-8-25-23(29)17-14-18(30-2)16-19(15-17)31-3/h5-7,14-16H,4,8-13H2,1-3H3,(H,25,29). The summed E-state index contributed by atoms with van der Waals surface area (Å²) < 4.78 is 17.4. The second kappa shape index (κ2) is 10.7. The fourth-order valence-corrected chi connectivity index (χ4v) is 4.88. The zero-order chi connectivity index (χ0) is 23.2. The molecule has 176 valence electrons. The van der Waals surface area contributed by atoms with Crippen LogP contribution in [0.15, 0.2) is 36.4 Å². The van der Waals surface area contributed by atoms with Gasteiger partial charge in [-0.3, -0.25) is 9.69 Å². The summed E-state index contributed by atoms with van der Waals surface area (Å²) in [7, 11) is 3.14. The molecule has 0 unspecified atom stereocenters. The van der Waals surface area contributed by atoms with Crippen molar-refractivity contribution in [3.63, 3.8) is 0 Å². The van der Waals surface area contributed by atoms with Crippen molar-refractivity contribution in [1.29, 1.82) is 0 Å². The van der Waals surface area contributed by atoms with Gasteiger partial charge in [-0.2, -0.15) is 0 Å². The molecule has 0 aliphatic carbocycles. The lowest BCUT2D eigenvalue weighted by Crippen LogP contribution is -2.48. The van der Waals surface area contributed by atoms with E-state index in [9.17, 15) is 4.79 Å². The van der Waals surface area contributed by atoms with Crippen molar-refractivity contribution in [1.82, 2.24) is 15.2 Å². The lowest BCUT2D eigenvalue weighted by molar-refractivity contribution is 0.0947. The Bertz CT molecular complexity index is 1070. The molecule has 1 aromatic heterocycles. The predicted molar refractivity (Wildman–Crippen MR) is 131 cm³/mol. The van der Waals surface area contributed by atoms with Crippen LogP contribution < -0.4 is 24.4 Å². The van der Waals surface area contributed by atoms with E-state index in [4.69, 9.17) is 19.2 Å². The van der Waals surface area contributed by atoms with Gasteiger partial charge in [0.15, 0.2) is 5.13 Å². The molecule has 2 heterocycles. The molecule has 9 heteroatoms. The number of benzene rings is 2. The third kappa shape index (κ3) is 5.48. The molecule has 1 aliphatic heterocycles. The van der Waals surface area contributed by atoms with Crippen molar-refractivity contribution in [3.8, 4) is 17.2 Å². The van der Waals surface area contributed by atoms with Gasteiger partial charge >= 0.3 is 0 Å². The highest BCUT2D eigenvalue weighted by Gasteiger charge is 2.21. The lowest BCUT2D eigenvalue weighted by Gasteiger charge is -2.34. The number of thiazole rings is 1. The Morgan fingerprint density at radius 3 is 2.48 bits per heavy atom. The van der Waals surface area contributed by atoms with E-state index in [-0.39, 0.29) is 5.91 Å². The minimum absolute atomic E-state index is 0.134. The number of fused-ring (bicyclic) bond motifs is 1. The fraction of sp³-hybridized carbons (Fsp3) is 0.417. The van der Waals surface area contributed by atoms with Gasteiger partial charge in [0.05, 0.1) is 25.5 Å². The van der Waals surface area contributed by atoms with E-state index in [2.05, 4.69) is 21.2 Å². The van der Waals surface area contributed by atoms with Gasteiger partial charge < -0.3 is 24.4 Å². The third-order valence-corrected chi connectivity index (χ3v) is 6.72. The molecule has 1 aliphatic rings. The number of ether oxygens (including phenoxy) is 3. The number of rotatable bonds is 9. The van der Waals surface area contributed by atoms with Crippen molar-refractivity contribution in [2.45, 2.75) is 6.92 Å². The summed E-state index contributed by atoms with van der Waals surface area (Å²) in [6.07, 6.45) is 0. The fourth-order valence-electron chi connectivity index (χ4n) is 3.85. The van der Waals surface area contributed by atoms with Crippen LogP contribution in [-0.4, -0.2) is 75.9 Å². The van der Waals surface area contributed by atoms with E-state index in [1.807, 2.05) is 19.1 Å². The van der Waals surface area contributed by atoms with Crippen LogP contribution in [0.2, 0.25) is 0 Å². The number of piperazine rings is 1. The maximum absolute atomic E-state index is 12.6. The Hall–Kier alpha value is -3.04. The molecule has 0 radical (unpaired) electrons. The van der Waals surface area contributed by atoms with Crippen LogP contribution in [0.1, 0.15) is 17.3 Å². The first-order chi connectivity index (χ1) is 16.1. The summed E-state index contributed by atoms with van der Waals surface area (Å²) in [5.74, 6) is 1.91. The van der Waals surface area contributed by atoms with Crippen LogP contribution in [0.25, 0.3) is 10.2 Å². The lowest BCUT2D eigenvalue weighted by atomic mass is 10.2. The average molecular weight is 471 g/mol. The number of nitrogens with one attached hydrogen (secondary N) is 1. The zero-order valence-corrected chi connectivity index (χ0v) is 20.1. The number of hydrogen-bond acceptors (Lipinski definition) is 8. The highest BCUT2D eigenvalue weighted by Crippen LogP contribution is 2.34. The monoisotopic (exact) mass is 470 g/mol. The van der Waals surface area contributed by atoms with Gasteiger partial charge in [-0.25, -0.2) is 4.98 Å². The molecule has 0 spiro atoms. The molecule has 1 fully saturated rings. The van der Waals surface area contributed by atoms with E-state index in [0.717, 1.165) is 53.8 Å². The highest BCUT2D eigenvalue weighted by molar-refractivity contribution is 7.22. The summed E-state index contributed by atoms with van der Waals surface area (Å²) in [6.45, 7) is 7.67. The van der Waals surface area contributed by atoms with Gasteiger partial charge in [0.25, 0.3) is 5.91 Å². The van der Waals surface area contributed by atoms with Crippen LogP contribution in [0.3, 0.4) is 0 Å². The molecule has 0 bridgehead atoms. The summed E-state index contributed by atoms with van der Waals surface area (Å²) in [5, 5.41) is 4.04. The van der Waals surface area contributed by atoms with Gasteiger partial charge in [-0.05, 0) is 31.2 Å². The quantitative estimate of drug-likeness (QED) is 0.514. The molecule has 0 atom stereocenters. The largest absolute Gasteiger partial charge is 0.497 e. The molecule has 1 amide bonds. The second-order valence-electron chi connectivity index (χ2n) is 7.72. The van der Waals surface area contributed by atoms with Crippen LogP contribution in [-0.2, 0) is 0 Å². The molecule has 1 N–H and O–H groups in total. The van der Waals surface area contributed by atoms with Crippen LogP contribution in [0, 0.1) is 0 Å². The first-order valence-electron chi connectivity index (χ1n) is 11.1. The normalized spacial score (nSPS) is 14.3. The Morgan fingerprint density at radius 1 is 1.09 bits per heavy atom. The van der Waals surface area contributed by atoms with E-state index in [1.54, 1.807) is 43.8 Å². The molecular weight excluding hydrogens is 440 g/mol. The predicted octanol–water partition coefficient (Wildman–Crippen LogP) is 3.26. The minimum atomic E-state index is -0.134. The molecule has 1 saturated heterocycles.